The van der Waals surface area contributed by atoms with Gasteiger partial charge in [0.1, 0.15) is 16.1 Å². The average Bonchev–Trinajstić information content (AvgIpc) is 2.96. The highest BCUT2D eigenvalue weighted by Gasteiger charge is 2.16. The third-order valence-electron chi connectivity index (χ3n) is 3.24. The Bertz CT molecular complexity index is 1020. The van der Waals surface area contributed by atoms with E-state index >= 15 is 0 Å². The van der Waals surface area contributed by atoms with Crippen molar-refractivity contribution in [1.82, 2.24) is 20.3 Å². The number of fused-ring (bicyclic) bond motifs is 1. The summed E-state index contributed by atoms with van der Waals surface area (Å²) in [6.45, 7) is 5.30. The second kappa shape index (κ2) is 6.83. The molecule has 2 N–H and O–H groups in total. The Morgan fingerprint density at radius 1 is 1.38 bits per heavy atom. The molecule has 0 aromatic carbocycles. The zero-order chi connectivity index (χ0) is 18.9. The molecule has 0 aliphatic heterocycles. The highest BCUT2D eigenvalue weighted by molar-refractivity contribution is 7.22. The fraction of sp³-hybridized carbons (Fsp3) is 0.294. The summed E-state index contributed by atoms with van der Waals surface area (Å²) in [5.74, 6) is -0.289. The molecule has 0 aliphatic carbocycles. The molecule has 9 heteroatoms. The molecule has 7 nitrogen and oxygen atoms in total. The summed E-state index contributed by atoms with van der Waals surface area (Å²) in [7, 11) is 0. The molecule has 0 spiro atoms. The highest BCUT2D eigenvalue weighted by atomic mass is 32.1. The van der Waals surface area contributed by atoms with E-state index in [1.807, 2.05) is 0 Å². The number of aromatic amines is 1. The molecule has 136 valence electrons. The molecular weight excluding hydrogens is 359 g/mol. The molecule has 0 fully saturated rings. The lowest BCUT2D eigenvalue weighted by Crippen LogP contribution is -2.33. The highest BCUT2D eigenvalue weighted by Crippen LogP contribution is 2.30. The van der Waals surface area contributed by atoms with Gasteiger partial charge in [0.15, 0.2) is 0 Å². The summed E-state index contributed by atoms with van der Waals surface area (Å²) in [5.41, 5.74) is 0.166. The molecule has 3 heterocycles. The number of hydrogen-bond acceptors (Lipinski definition) is 6. The van der Waals surface area contributed by atoms with Crippen molar-refractivity contribution in [2.75, 3.05) is 0 Å². The molecule has 0 radical (unpaired) electrons. The topological polar surface area (TPSA) is 97.0 Å². The summed E-state index contributed by atoms with van der Waals surface area (Å²) < 4.78 is 18.9. The van der Waals surface area contributed by atoms with Crippen molar-refractivity contribution >= 4 is 27.6 Å². The van der Waals surface area contributed by atoms with Crippen LogP contribution in [-0.2, 0) is 11.3 Å². The molecule has 3 rings (SSSR count). The third kappa shape index (κ3) is 4.23. The van der Waals surface area contributed by atoms with Gasteiger partial charge in [-0.2, -0.15) is 4.39 Å². The fourth-order valence-electron chi connectivity index (χ4n) is 2.24. The zero-order valence-electron chi connectivity index (χ0n) is 14.4. The van der Waals surface area contributed by atoms with Crippen LogP contribution in [0.2, 0.25) is 0 Å². The maximum absolute atomic E-state index is 13.3. The Kier molecular flexibility index (Phi) is 4.73. The minimum atomic E-state index is -0.614. The molecule has 0 bridgehead atoms. The number of nitrogens with one attached hydrogen (secondary N) is 2. The maximum Gasteiger partial charge on any atom is 0.408 e. The van der Waals surface area contributed by atoms with Gasteiger partial charge in [-0.1, -0.05) is 0 Å². The van der Waals surface area contributed by atoms with Crippen molar-refractivity contribution in [1.29, 1.82) is 0 Å². The molecule has 26 heavy (non-hydrogen) atoms. The van der Waals surface area contributed by atoms with Crippen LogP contribution in [0.4, 0.5) is 9.18 Å². The quantitative estimate of drug-likeness (QED) is 0.684. The molecular formula is C17H17FN4O3S. The van der Waals surface area contributed by atoms with E-state index in [0.29, 0.717) is 26.5 Å². The van der Waals surface area contributed by atoms with E-state index in [0.717, 1.165) is 0 Å². The Morgan fingerprint density at radius 2 is 2.15 bits per heavy atom. The fourth-order valence-corrected chi connectivity index (χ4v) is 3.23. The number of aromatic nitrogens is 3. The summed E-state index contributed by atoms with van der Waals surface area (Å²) in [5, 5.41) is 2.55. The number of carbonyl (C=O) groups is 1. The number of alkyl carbamates (subject to hydrolysis) is 1. The average molecular weight is 376 g/mol. The number of rotatable bonds is 3. The van der Waals surface area contributed by atoms with Crippen LogP contribution in [-0.4, -0.2) is 26.6 Å². The molecule has 0 atom stereocenters. The van der Waals surface area contributed by atoms with Gasteiger partial charge in [0.25, 0.3) is 5.56 Å². The molecule has 0 saturated carbocycles. The third-order valence-corrected chi connectivity index (χ3v) is 4.41. The number of carbonyl (C=O) groups excluding carboxylic acids is 1. The Labute approximate surface area is 152 Å². The summed E-state index contributed by atoms with van der Waals surface area (Å²) in [4.78, 5) is 35.2. The van der Waals surface area contributed by atoms with Gasteiger partial charge in [-0.3, -0.25) is 4.79 Å². The number of ether oxygens (including phenoxy) is 1. The van der Waals surface area contributed by atoms with Crippen LogP contribution in [0.1, 0.15) is 26.6 Å². The smallest absolute Gasteiger partial charge is 0.408 e. The minimum Gasteiger partial charge on any atom is -0.444 e. The number of thiophene rings is 1. The number of halogens is 1. The molecule has 3 aromatic heterocycles. The second-order valence-corrected chi connectivity index (χ2v) is 7.61. The van der Waals surface area contributed by atoms with Crippen molar-refractivity contribution in [3.8, 4) is 10.4 Å². The van der Waals surface area contributed by atoms with E-state index in [2.05, 4.69) is 20.3 Å². The van der Waals surface area contributed by atoms with Crippen LogP contribution in [0.5, 0.6) is 0 Å². The lowest BCUT2D eigenvalue weighted by atomic mass is 10.2. The van der Waals surface area contributed by atoms with Gasteiger partial charge in [-0.25, -0.2) is 14.8 Å². The van der Waals surface area contributed by atoms with E-state index in [-0.39, 0.29) is 12.1 Å². The van der Waals surface area contributed by atoms with Gasteiger partial charge >= 0.3 is 6.09 Å². The van der Waals surface area contributed by atoms with Crippen LogP contribution in [0.25, 0.3) is 20.7 Å². The largest absolute Gasteiger partial charge is 0.444 e. The number of H-pyrrole nitrogens is 1. The molecule has 0 saturated heterocycles. The van der Waals surface area contributed by atoms with Crippen molar-refractivity contribution in [3.63, 3.8) is 0 Å². The summed E-state index contributed by atoms with van der Waals surface area (Å²) in [6, 6.07) is 4.66. The van der Waals surface area contributed by atoms with Crippen molar-refractivity contribution in [2.45, 2.75) is 32.9 Å². The number of hydrogen-bond donors (Lipinski definition) is 2. The second-order valence-electron chi connectivity index (χ2n) is 6.56. The standard InChI is InChI=1S/C17H17FN4O3S/c1-17(2,3)25-16(24)20-8-13-21-10-7-11(26-14(10)15(23)22-13)9-4-5-19-12(18)6-9/h4-7H,8H2,1-3H3,(H,20,24)(H,21,22,23). The Morgan fingerprint density at radius 3 is 2.85 bits per heavy atom. The van der Waals surface area contributed by atoms with Crippen molar-refractivity contribution < 1.29 is 13.9 Å². The zero-order valence-corrected chi connectivity index (χ0v) is 15.2. The normalized spacial score (nSPS) is 11.5. The molecule has 0 unspecified atom stereocenters. The van der Waals surface area contributed by atoms with E-state index < -0.39 is 17.6 Å². The van der Waals surface area contributed by atoms with Crippen LogP contribution in [0.3, 0.4) is 0 Å². The van der Waals surface area contributed by atoms with Gasteiger partial charge in [-0.15, -0.1) is 11.3 Å². The van der Waals surface area contributed by atoms with Gasteiger partial charge in [0.2, 0.25) is 5.95 Å². The Hall–Kier alpha value is -2.81. The van der Waals surface area contributed by atoms with Crippen LogP contribution in [0, 0.1) is 5.95 Å². The molecule has 1 amide bonds. The minimum absolute atomic E-state index is 0.0230. The lowest BCUT2D eigenvalue weighted by molar-refractivity contribution is 0.0522. The SMILES string of the molecule is CC(C)(C)OC(=O)NCc1nc2cc(-c3ccnc(F)c3)sc2c(=O)[nH]1. The van der Waals surface area contributed by atoms with E-state index in [9.17, 15) is 14.0 Å². The Balaban J connectivity index is 1.84. The first kappa shape index (κ1) is 18.0. The van der Waals surface area contributed by atoms with Gasteiger partial charge in [0, 0.05) is 17.1 Å². The number of amides is 1. The van der Waals surface area contributed by atoms with E-state index in [4.69, 9.17) is 4.74 Å². The predicted molar refractivity (Wildman–Crippen MR) is 96.5 cm³/mol. The van der Waals surface area contributed by atoms with E-state index in [1.54, 1.807) is 32.9 Å². The van der Waals surface area contributed by atoms with E-state index in [1.165, 1.54) is 23.6 Å². The first-order valence-electron chi connectivity index (χ1n) is 7.83. The summed E-state index contributed by atoms with van der Waals surface area (Å²) >= 11 is 1.21. The monoisotopic (exact) mass is 376 g/mol. The predicted octanol–water partition coefficient (Wildman–Crippen LogP) is 3.21. The van der Waals surface area contributed by atoms with Gasteiger partial charge < -0.3 is 15.0 Å². The van der Waals surface area contributed by atoms with Gasteiger partial charge in [-0.05, 0) is 38.5 Å². The van der Waals surface area contributed by atoms with Crippen molar-refractivity contribution in [2.24, 2.45) is 0 Å². The van der Waals surface area contributed by atoms with Crippen LogP contribution < -0.4 is 10.9 Å². The van der Waals surface area contributed by atoms with Gasteiger partial charge in [0.05, 0.1) is 12.1 Å². The van der Waals surface area contributed by atoms with Crippen molar-refractivity contribution in [3.05, 3.63) is 46.5 Å². The molecule has 0 aliphatic rings. The maximum atomic E-state index is 13.3. The lowest BCUT2D eigenvalue weighted by Gasteiger charge is -2.19. The molecule has 3 aromatic rings. The number of pyridine rings is 1. The summed E-state index contributed by atoms with van der Waals surface area (Å²) in [6.07, 6.45) is 0.765. The first-order chi connectivity index (χ1) is 12.2. The first-order valence-corrected chi connectivity index (χ1v) is 8.64. The van der Waals surface area contributed by atoms with Crippen LogP contribution >= 0.6 is 11.3 Å². The number of nitrogens with zero attached hydrogens (tertiary/aromatic N) is 2. The van der Waals surface area contributed by atoms with Crippen LogP contribution in [0.15, 0.2) is 29.2 Å².